The summed E-state index contributed by atoms with van der Waals surface area (Å²) < 4.78 is 5.50. The molecular formula is C19H22N2O4S. The molecule has 1 N–H and O–H groups in total. The zero-order valence-electron chi connectivity index (χ0n) is 14.8. The van der Waals surface area contributed by atoms with Crippen molar-refractivity contribution < 1.29 is 19.1 Å². The fraction of sp³-hybridized carbons (Fsp3) is 0.368. The van der Waals surface area contributed by atoms with Crippen LogP contribution < -0.4 is 0 Å². The molecule has 1 aliphatic heterocycles. The van der Waals surface area contributed by atoms with E-state index in [2.05, 4.69) is 18.7 Å². The molecule has 26 heavy (non-hydrogen) atoms. The fourth-order valence-corrected chi connectivity index (χ4v) is 3.87. The number of furan rings is 1. The van der Waals surface area contributed by atoms with E-state index in [9.17, 15) is 14.7 Å². The number of aliphatic hydroxyl groups is 1. The largest absolute Gasteiger partial charge is 0.503 e. The Morgan fingerprint density at radius 1 is 1.31 bits per heavy atom. The van der Waals surface area contributed by atoms with Crippen molar-refractivity contribution >= 4 is 23.0 Å². The quantitative estimate of drug-likeness (QED) is 0.718. The third-order valence-electron chi connectivity index (χ3n) is 4.66. The zero-order chi connectivity index (χ0) is 18.7. The van der Waals surface area contributed by atoms with Gasteiger partial charge in [-0.2, -0.15) is 0 Å². The number of aliphatic hydroxyl groups excluding tert-OH is 1. The van der Waals surface area contributed by atoms with Gasteiger partial charge in [0.05, 0.1) is 16.7 Å². The summed E-state index contributed by atoms with van der Waals surface area (Å²) in [5, 5.41) is 12.3. The van der Waals surface area contributed by atoms with E-state index in [1.54, 1.807) is 29.6 Å². The third-order valence-corrected chi connectivity index (χ3v) is 5.53. The van der Waals surface area contributed by atoms with E-state index in [1.807, 2.05) is 0 Å². The van der Waals surface area contributed by atoms with Crippen molar-refractivity contribution in [1.82, 2.24) is 9.80 Å². The molecule has 7 heteroatoms. The molecule has 1 unspecified atom stereocenters. The number of nitrogens with zero attached hydrogens (tertiary/aromatic N) is 2. The smallest absolute Gasteiger partial charge is 0.290 e. The lowest BCUT2D eigenvalue weighted by molar-refractivity contribution is -0.129. The number of Topliss-reactive ketones (excluding diaryl/α,β-unsaturated/α-hetero) is 1. The molecule has 138 valence electrons. The van der Waals surface area contributed by atoms with Gasteiger partial charge in [0.15, 0.2) is 5.76 Å². The second kappa shape index (κ2) is 7.88. The second-order valence-corrected chi connectivity index (χ2v) is 6.96. The predicted molar refractivity (Wildman–Crippen MR) is 99.3 cm³/mol. The highest BCUT2D eigenvalue weighted by Crippen LogP contribution is 2.39. The summed E-state index contributed by atoms with van der Waals surface area (Å²) in [4.78, 5) is 29.8. The predicted octanol–water partition coefficient (Wildman–Crippen LogP) is 3.26. The zero-order valence-corrected chi connectivity index (χ0v) is 15.7. The number of carbonyl (C=O) groups excluding carboxylic acids is 2. The van der Waals surface area contributed by atoms with E-state index < -0.39 is 17.7 Å². The molecule has 0 aliphatic carbocycles. The molecular weight excluding hydrogens is 352 g/mol. The van der Waals surface area contributed by atoms with E-state index in [4.69, 9.17) is 4.42 Å². The summed E-state index contributed by atoms with van der Waals surface area (Å²) >= 11 is 1.28. The first kappa shape index (κ1) is 18.4. The number of rotatable bonds is 8. The average molecular weight is 374 g/mol. The Morgan fingerprint density at radius 2 is 2.08 bits per heavy atom. The van der Waals surface area contributed by atoms with Crippen molar-refractivity contribution in [3.63, 3.8) is 0 Å². The average Bonchev–Trinajstić information content (AvgIpc) is 3.39. The molecule has 6 nitrogen and oxygen atoms in total. The monoisotopic (exact) mass is 374 g/mol. The maximum Gasteiger partial charge on any atom is 0.290 e. The van der Waals surface area contributed by atoms with Gasteiger partial charge in [0.25, 0.3) is 5.91 Å². The summed E-state index contributed by atoms with van der Waals surface area (Å²) in [6, 6.07) is 6.19. The van der Waals surface area contributed by atoms with Crippen LogP contribution >= 0.6 is 11.3 Å². The van der Waals surface area contributed by atoms with Crippen molar-refractivity contribution in [1.29, 1.82) is 0 Å². The molecule has 0 fully saturated rings. The van der Waals surface area contributed by atoms with Crippen LogP contribution in [0.5, 0.6) is 0 Å². The van der Waals surface area contributed by atoms with Gasteiger partial charge in [-0.15, -0.1) is 11.3 Å². The lowest BCUT2D eigenvalue weighted by Gasteiger charge is -2.27. The highest BCUT2D eigenvalue weighted by molar-refractivity contribution is 7.12. The van der Waals surface area contributed by atoms with Crippen molar-refractivity contribution in [2.45, 2.75) is 19.9 Å². The van der Waals surface area contributed by atoms with Crippen LogP contribution in [0.15, 0.2) is 51.7 Å². The third kappa shape index (κ3) is 3.32. The van der Waals surface area contributed by atoms with E-state index in [-0.39, 0.29) is 11.4 Å². The van der Waals surface area contributed by atoms with Crippen molar-refractivity contribution in [2.24, 2.45) is 0 Å². The molecule has 0 saturated carbocycles. The molecule has 0 bridgehead atoms. The Hall–Kier alpha value is -2.38. The Morgan fingerprint density at radius 3 is 2.65 bits per heavy atom. The van der Waals surface area contributed by atoms with Crippen molar-refractivity contribution in [3.8, 4) is 0 Å². The van der Waals surface area contributed by atoms with Gasteiger partial charge in [-0.3, -0.25) is 9.59 Å². The van der Waals surface area contributed by atoms with Gasteiger partial charge >= 0.3 is 0 Å². The first-order valence-corrected chi connectivity index (χ1v) is 9.54. The van der Waals surface area contributed by atoms with Gasteiger partial charge in [0.2, 0.25) is 5.78 Å². The second-order valence-electron chi connectivity index (χ2n) is 6.01. The highest BCUT2D eigenvalue weighted by Gasteiger charge is 2.45. The van der Waals surface area contributed by atoms with Gasteiger partial charge in [0.1, 0.15) is 11.8 Å². The van der Waals surface area contributed by atoms with Crippen LogP contribution in [0.4, 0.5) is 0 Å². The number of ketones is 1. The minimum absolute atomic E-state index is 0.0898. The number of hydrogen-bond acceptors (Lipinski definition) is 6. The van der Waals surface area contributed by atoms with Gasteiger partial charge in [-0.1, -0.05) is 19.9 Å². The van der Waals surface area contributed by atoms with E-state index in [1.165, 1.54) is 22.5 Å². The fourth-order valence-electron chi connectivity index (χ4n) is 3.19. The minimum atomic E-state index is -0.706. The summed E-state index contributed by atoms with van der Waals surface area (Å²) in [6.45, 7) is 6.90. The SMILES string of the molecule is CCN(CC)CCN1C(=O)C(O)=C(C(=O)c2cccs2)C1c1ccco1. The van der Waals surface area contributed by atoms with Gasteiger partial charge in [-0.25, -0.2) is 0 Å². The van der Waals surface area contributed by atoms with Crippen LogP contribution in [0.2, 0.25) is 0 Å². The number of hydrogen-bond donors (Lipinski definition) is 1. The van der Waals surface area contributed by atoms with Crippen molar-refractivity contribution in [2.75, 3.05) is 26.2 Å². The Labute approximate surface area is 156 Å². The first-order valence-electron chi connectivity index (χ1n) is 8.66. The molecule has 1 amide bonds. The maximum absolute atomic E-state index is 12.9. The molecule has 0 spiro atoms. The lowest BCUT2D eigenvalue weighted by atomic mass is 10.0. The Kier molecular flexibility index (Phi) is 5.58. The number of likely N-dealkylation sites (N-methyl/N-ethyl adjacent to an activating group) is 1. The minimum Gasteiger partial charge on any atom is -0.503 e. The lowest BCUT2D eigenvalue weighted by Crippen LogP contribution is -2.38. The standard InChI is InChI=1S/C19H22N2O4S/c1-3-20(4-2)9-10-21-16(13-7-5-11-25-13)15(18(23)19(21)24)17(22)14-8-6-12-26-14/h5-8,11-12,16,23H,3-4,9-10H2,1-2H3. The summed E-state index contributed by atoms with van der Waals surface area (Å²) in [6.07, 6.45) is 1.50. The molecule has 0 saturated heterocycles. The molecule has 2 aromatic rings. The van der Waals surface area contributed by atoms with Crippen LogP contribution in [-0.4, -0.2) is 52.8 Å². The van der Waals surface area contributed by atoms with Gasteiger partial charge in [-0.05, 0) is 36.7 Å². The van der Waals surface area contributed by atoms with E-state index >= 15 is 0 Å². The maximum atomic E-state index is 12.9. The summed E-state index contributed by atoms with van der Waals surface area (Å²) in [7, 11) is 0. The molecule has 0 aromatic carbocycles. The van der Waals surface area contributed by atoms with Crippen LogP contribution in [-0.2, 0) is 4.79 Å². The topological polar surface area (TPSA) is 74.0 Å². The van der Waals surface area contributed by atoms with Crippen molar-refractivity contribution in [3.05, 3.63) is 57.9 Å². The van der Waals surface area contributed by atoms with Crippen LogP contribution in [0.1, 0.15) is 35.3 Å². The summed E-state index contributed by atoms with van der Waals surface area (Å²) in [5.74, 6) is -0.873. The number of thiophene rings is 1. The molecule has 3 rings (SSSR count). The van der Waals surface area contributed by atoms with E-state index in [0.717, 1.165) is 13.1 Å². The molecule has 0 radical (unpaired) electrons. The molecule has 1 aliphatic rings. The molecule has 3 heterocycles. The van der Waals surface area contributed by atoms with Gasteiger partial charge < -0.3 is 19.3 Å². The van der Waals surface area contributed by atoms with Crippen LogP contribution in [0.3, 0.4) is 0 Å². The van der Waals surface area contributed by atoms with Gasteiger partial charge in [0, 0.05) is 13.1 Å². The summed E-state index contributed by atoms with van der Waals surface area (Å²) in [5.41, 5.74) is 0.0898. The number of amides is 1. The first-order chi connectivity index (χ1) is 12.6. The van der Waals surface area contributed by atoms with E-state index in [0.29, 0.717) is 23.7 Å². The number of carbonyl (C=O) groups is 2. The Balaban J connectivity index is 1.94. The van der Waals surface area contributed by atoms with Crippen LogP contribution in [0, 0.1) is 0 Å². The van der Waals surface area contributed by atoms with Crippen LogP contribution in [0.25, 0.3) is 0 Å². The molecule has 2 aromatic heterocycles. The highest BCUT2D eigenvalue weighted by atomic mass is 32.1. The normalized spacial score (nSPS) is 17.6. The molecule has 1 atom stereocenters. The Bertz CT molecular complexity index is 792.